The highest BCUT2D eigenvalue weighted by Crippen LogP contribution is 2.08. The Balaban J connectivity index is 2.57. The molecule has 0 bridgehead atoms. The third-order valence-electron chi connectivity index (χ3n) is 3.02. The molecule has 0 aliphatic rings. The van der Waals surface area contributed by atoms with Gasteiger partial charge in [0.25, 0.3) is 0 Å². The lowest BCUT2D eigenvalue weighted by Gasteiger charge is -2.25. The molecule has 1 rings (SSSR count). The monoisotopic (exact) mass is 279 g/mol. The van der Waals surface area contributed by atoms with Gasteiger partial charge >= 0.3 is 12.0 Å². The topological polar surface area (TPSA) is 82.5 Å². The lowest BCUT2D eigenvalue weighted by Crippen LogP contribution is -2.45. The minimum atomic E-state index is -0.916. The number of pyridine rings is 1. The summed E-state index contributed by atoms with van der Waals surface area (Å²) >= 11 is 0. The molecular weight excluding hydrogens is 258 g/mol. The van der Waals surface area contributed by atoms with Gasteiger partial charge in [0.15, 0.2) is 0 Å². The highest BCUT2D eigenvalue weighted by Gasteiger charge is 2.21. The van der Waals surface area contributed by atoms with Gasteiger partial charge in [-0.3, -0.25) is 9.78 Å². The summed E-state index contributed by atoms with van der Waals surface area (Å²) < 4.78 is 0. The lowest BCUT2D eigenvalue weighted by molar-refractivity contribution is -0.137. The first-order valence-corrected chi connectivity index (χ1v) is 6.52. The first-order valence-electron chi connectivity index (χ1n) is 6.52. The van der Waals surface area contributed by atoms with Gasteiger partial charge in [-0.15, -0.1) is 0 Å². The number of rotatable bonds is 6. The maximum Gasteiger partial charge on any atom is 0.317 e. The average Bonchev–Trinajstić information content (AvgIpc) is 2.38. The van der Waals surface area contributed by atoms with Crippen LogP contribution in [-0.4, -0.2) is 40.1 Å². The number of carboxylic acid groups (broad SMARTS) is 1. The molecule has 0 aliphatic heterocycles. The number of hydrogen-bond donors (Lipinski definition) is 2. The molecule has 110 valence electrons. The standard InChI is InChI=1S/C14H21N3O3/c1-10(2)12(8-13(18)19)16-14(20)17(3)9-11-4-6-15-7-5-11/h4-7,10,12H,8-9H2,1-3H3,(H,16,20)(H,18,19). The second-order valence-electron chi connectivity index (χ2n) is 5.11. The molecular formula is C14H21N3O3. The third-order valence-corrected chi connectivity index (χ3v) is 3.02. The van der Waals surface area contributed by atoms with Crippen LogP contribution in [0.4, 0.5) is 4.79 Å². The van der Waals surface area contributed by atoms with Crippen LogP contribution in [0, 0.1) is 5.92 Å². The highest BCUT2D eigenvalue weighted by molar-refractivity contribution is 5.75. The van der Waals surface area contributed by atoms with Crippen LogP contribution in [0.15, 0.2) is 24.5 Å². The fraction of sp³-hybridized carbons (Fsp3) is 0.500. The molecule has 0 fully saturated rings. The summed E-state index contributed by atoms with van der Waals surface area (Å²) in [4.78, 5) is 28.3. The Morgan fingerprint density at radius 3 is 2.45 bits per heavy atom. The van der Waals surface area contributed by atoms with Crippen molar-refractivity contribution in [2.24, 2.45) is 5.92 Å². The molecule has 0 saturated heterocycles. The zero-order valence-electron chi connectivity index (χ0n) is 12.0. The molecule has 6 heteroatoms. The number of aromatic nitrogens is 1. The summed E-state index contributed by atoms with van der Waals surface area (Å²) in [5, 5.41) is 11.6. The Morgan fingerprint density at radius 1 is 1.35 bits per heavy atom. The van der Waals surface area contributed by atoms with Crippen molar-refractivity contribution in [3.8, 4) is 0 Å². The van der Waals surface area contributed by atoms with E-state index in [4.69, 9.17) is 5.11 Å². The van der Waals surface area contributed by atoms with E-state index in [0.29, 0.717) is 6.54 Å². The highest BCUT2D eigenvalue weighted by atomic mass is 16.4. The first kappa shape index (κ1) is 15.9. The Hall–Kier alpha value is -2.11. The van der Waals surface area contributed by atoms with Crippen molar-refractivity contribution in [2.45, 2.75) is 32.9 Å². The number of carboxylic acids is 1. The zero-order chi connectivity index (χ0) is 15.1. The minimum Gasteiger partial charge on any atom is -0.481 e. The number of aliphatic carboxylic acids is 1. The second-order valence-corrected chi connectivity index (χ2v) is 5.11. The molecule has 1 aromatic heterocycles. The molecule has 0 aromatic carbocycles. The van der Waals surface area contributed by atoms with Crippen LogP contribution < -0.4 is 5.32 Å². The smallest absolute Gasteiger partial charge is 0.317 e. The van der Waals surface area contributed by atoms with Crippen molar-refractivity contribution in [1.29, 1.82) is 0 Å². The maximum absolute atomic E-state index is 12.0. The quantitative estimate of drug-likeness (QED) is 0.830. The molecule has 0 saturated carbocycles. The van der Waals surface area contributed by atoms with Gasteiger partial charge in [0.05, 0.1) is 6.42 Å². The SMILES string of the molecule is CC(C)C(CC(=O)O)NC(=O)N(C)Cc1ccncc1. The molecule has 20 heavy (non-hydrogen) atoms. The van der Waals surface area contributed by atoms with E-state index >= 15 is 0 Å². The van der Waals surface area contributed by atoms with Crippen LogP contribution >= 0.6 is 0 Å². The molecule has 1 aromatic rings. The Bertz CT molecular complexity index is 448. The van der Waals surface area contributed by atoms with E-state index in [0.717, 1.165) is 5.56 Å². The number of hydrogen-bond acceptors (Lipinski definition) is 3. The van der Waals surface area contributed by atoms with E-state index in [-0.39, 0.29) is 24.4 Å². The van der Waals surface area contributed by atoms with Gasteiger partial charge in [-0.2, -0.15) is 0 Å². The number of carbonyl (C=O) groups is 2. The van der Waals surface area contributed by atoms with E-state index in [2.05, 4.69) is 10.3 Å². The predicted octanol–water partition coefficient (Wildman–Crippen LogP) is 1.72. The molecule has 1 unspecified atom stereocenters. The van der Waals surface area contributed by atoms with Gasteiger partial charge in [0, 0.05) is 32.0 Å². The van der Waals surface area contributed by atoms with Crippen LogP contribution in [0.25, 0.3) is 0 Å². The summed E-state index contributed by atoms with van der Waals surface area (Å²) in [6, 6.07) is 3.02. The maximum atomic E-state index is 12.0. The molecule has 0 radical (unpaired) electrons. The summed E-state index contributed by atoms with van der Waals surface area (Å²) in [6.07, 6.45) is 3.26. The first-order chi connectivity index (χ1) is 9.40. The Labute approximate surface area is 118 Å². The number of urea groups is 1. The number of carbonyl (C=O) groups excluding carboxylic acids is 1. The Kier molecular flexibility index (Phi) is 5.96. The molecule has 0 spiro atoms. The van der Waals surface area contributed by atoms with Crippen LogP contribution in [0.1, 0.15) is 25.8 Å². The second kappa shape index (κ2) is 7.47. The van der Waals surface area contributed by atoms with Gasteiger partial charge in [0.1, 0.15) is 0 Å². The predicted molar refractivity (Wildman–Crippen MR) is 75.1 cm³/mol. The average molecular weight is 279 g/mol. The van der Waals surface area contributed by atoms with Gasteiger partial charge in [-0.25, -0.2) is 4.79 Å². The van der Waals surface area contributed by atoms with Gasteiger partial charge < -0.3 is 15.3 Å². The number of amides is 2. The van der Waals surface area contributed by atoms with E-state index < -0.39 is 5.97 Å². The summed E-state index contributed by atoms with van der Waals surface area (Å²) in [7, 11) is 1.67. The van der Waals surface area contributed by atoms with E-state index in [9.17, 15) is 9.59 Å². The van der Waals surface area contributed by atoms with E-state index in [1.54, 1.807) is 19.4 Å². The largest absolute Gasteiger partial charge is 0.481 e. The third kappa shape index (κ3) is 5.26. The lowest BCUT2D eigenvalue weighted by atomic mass is 10.0. The number of nitrogens with one attached hydrogen (secondary N) is 1. The summed E-state index contributed by atoms with van der Waals surface area (Å²) in [6.45, 7) is 4.22. The molecule has 1 heterocycles. The van der Waals surface area contributed by atoms with Gasteiger partial charge in [-0.05, 0) is 23.6 Å². The molecule has 6 nitrogen and oxygen atoms in total. The van der Waals surface area contributed by atoms with Crippen molar-refractivity contribution < 1.29 is 14.7 Å². The molecule has 0 aliphatic carbocycles. The molecule has 1 atom stereocenters. The minimum absolute atomic E-state index is 0.0596. The molecule has 2 amide bonds. The van der Waals surface area contributed by atoms with Crippen molar-refractivity contribution in [1.82, 2.24) is 15.2 Å². The molecule has 2 N–H and O–H groups in total. The van der Waals surface area contributed by atoms with Crippen molar-refractivity contribution in [2.75, 3.05) is 7.05 Å². The fourth-order valence-electron chi connectivity index (χ4n) is 1.74. The fourth-order valence-corrected chi connectivity index (χ4v) is 1.74. The van der Waals surface area contributed by atoms with Crippen molar-refractivity contribution >= 4 is 12.0 Å². The van der Waals surface area contributed by atoms with Crippen molar-refractivity contribution in [3.05, 3.63) is 30.1 Å². The van der Waals surface area contributed by atoms with Gasteiger partial charge in [0.2, 0.25) is 0 Å². The van der Waals surface area contributed by atoms with Crippen LogP contribution in [0.2, 0.25) is 0 Å². The summed E-state index contributed by atoms with van der Waals surface area (Å²) in [5.74, 6) is -0.856. The zero-order valence-corrected chi connectivity index (χ0v) is 12.0. The summed E-state index contributed by atoms with van der Waals surface area (Å²) in [5.41, 5.74) is 0.969. The number of nitrogens with zero attached hydrogens (tertiary/aromatic N) is 2. The normalized spacial score (nSPS) is 12.0. The van der Waals surface area contributed by atoms with E-state index in [1.807, 2.05) is 26.0 Å². The van der Waals surface area contributed by atoms with Crippen molar-refractivity contribution in [3.63, 3.8) is 0 Å². The van der Waals surface area contributed by atoms with E-state index in [1.165, 1.54) is 4.90 Å². The van der Waals surface area contributed by atoms with Gasteiger partial charge in [-0.1, -0.05) is 13.8 Å². The Morgan fingerprint density at radius 2 is 1.95 bits per heavy atom. The van der Waals surface area contributed by atoms with Crippen LogP contribution in [-0.2, 0) is 11.3 Å². The van der Waals surface area contributed by atoms with Crippen LogP contribution in [0.3, 0.4) is 0 Å². The van der Waals surface area contributed by atoms with Crippen LogP contribution in [0.5, 0.6) is 0 Å².